The zero-order valence-electron chi connectivity index (χ0n) is 13.5. The molecule has 22 heavy (non-hydrogen) atoms. The molecule has 0 radical (unpaired) electrons. The van der Waals surface area contributed by atoms with E-state index in [1.165, 1.54) is 37.2 Å². The standard InChI is InChI=1S/C19H24N2O/c1-21-12-10-15(11-13-21)18-8-5-7-17(20-18)14-16-6-3-4-9-19(16)22-2/h3-9,15H,10-14H2,1-2H3. The molecule has 0 spiro atoms. The van der Waals surface area contributed by atoms with Crippen LogP contribution in [0.3, 0.4) is 0 Å². The van der Waals surface area contributed by atoms with Gasteiger partial charge >= 0.3 is 0 Å². The second-order valence-corrected chi connectivity index (χ2v) is 6.12. The van der Waals surface area contributed by atoms with Crippen LogP contribution in [0.4, 0.5) is 0 Å². The number of hydrogen-bond donors (Lipinski definition) is 0. The first-order valence-electron chi connectivity index (χ1n) is 8.02. The average Bonchev–Trinajstić information content (AvgIpc) is 2.56. The fourth-order valence-corrected chi connectivity index (χ4v) is 3.17. The molecule has 1 aliphatic heterocycles. The summed E-state index contributed by atoms with van der Waals surface area (Å²) in [5, 5.41) is 0. The lowest BCUT2D eigenvalue weighted by atomic mass is 9.93. The third kappa shape index (κ3) is 3.47. The molecule has 1 fully saturated rings. The molecule has 1 aromatic carbocycles. The van der Waals surface area contributed by atoms with Gasteiger partial charge in [-0.3, -0.25) is 4.98 Å². The Morgan fingerprint density at radius 1 is 1.09 bits per heavy atom. The quantitative estimate of drug-likeness (QED) is 0.863. The van der Waals surface area contributed by atoms with Crippen LogP contribution in [0.1, 0.15) is 35.7 Å². The van der Waals surface area contributed by atoms with Gasteiger partial charge in [0.25, 0.3) is 0 Å². The molecule has 1 aromatic heterocycles. The van der Waals surface area contributed by atoms with Crippen molar-refractivity contribution in [2.24, 2.45) is 0 Å². The summed E-state index contributed by atoms with van der Waals surface area (Å²) in [5.41, 5.74) is 3.57. The minimum absolute atomic E-state index is 0.605. The number of piperidine rings is 1. The van der Waals surface area contributed by atoms with Gasteiger partial charge in [0.05, 0.1) is 7.11 Å². The number of pyridine rings is 1. The first-order valence-corrected chi connectivity index (χ1v) is 8.02. The van der Waals surface area contributed by atoms with E-state index in [9.17, 15) is 0 Å². The largest absolute Gasteiger partial charge is 0.496 e. The number of hydrogen-bond acceptors (Lipinski definition) is 3. The molecule has 0 aliphatic carbocycles. The Morgan fingerprint density at radius 3 is 2.64 bits per heavy atom. The van der Waals surface area contributed by atoms with Crippen molar-refractivity contribution in [2.75, 3.05) is 27.2 Å². The van der Waals surface area contributed by atoms with Gasteiger partial charge in [-0.25, -0.2) is 0 Å². The van der Waals surface area contributed by atoms with E-state index in [1.807, 2.05) is 12.1 Å². The highest BCUT2D eigenvalue weighted by Gasteiger charge is 2.19. The van der Waals surface area contributed by atoms with Gasteiger partial charge in [0.2, 0.25) is 0 Å². The smallest absolute Gasteiger partial charge is 0.122 e. The van der Waals surface area contributed by atoms with Crippen molar-refractivity contribution in [2.45, 2.75) is 25.2 Å². The third-order valence-electron chi connectivity index (χ3n) is 4.53. The summed E-state index contributed by atoms with van der Waals surface area (Å²) in [5.74, 6) is 1.54. The van der Waals surface area contributed by atoms with E-state index in [1.54, 1.807) is 7.11 Å². The molecule has 0 atom stereocenters. The van der Waals surface area contributed by atoms with Crippen LogP contribution in [0.15, 0.2) is 42.5 Å². The lowest BCUT2D eigenvalue weighted by Gasteiger charge is -2.28. The number of aromatic nitrogens is 1. The summed E-state index contributed by atoms with van der Waals surface area (Å²) in [4.78, 5) is 7.32. The van der Waals surface area contributed by atoms with Gasteiger partial charge in [-0.15, -0.1) is 0 Å². The van der Waals surface area contributed by atoms with Gasteiger partial charge in [-0.05, 0) is 51.2 Å². The highest BCUT2D eigenvalue weighted by Crippen LogP contribution is 2.27. The van der Waals surface area contributed by atoms with Crippen molar-refractivity contribution >= 4 is 0 Å². The van der Waals surface area contributed by atoms with Gasteiger partial charge < -0.3 is 9.64 Å². The summed E-state index contributed by atoms with van der Waals surface area (Å²) in [6.45, 7) is 2.34. The number of likely N-dealkylation sites (tertiary alicyclic amines) is 1. The number of ether oxygens (including phenoxy) is 1. The molecule has 0 amide bonds. The van der Waals surface area contributed by atoms with Crippen LogP contribution in [0.2, 0.25) is 0 Å². The molecule has 1 saturated heterocycles. The maximum atomic E-state index is 5.44. The normalized spacial score (nSPS) is 16.6. The number of para-hydroxylation sites is 1. The Kier molecular flexibility index (Phi) is 4.74. The molecular formula is C19H24N2O. The number of rotatable bonds is 4. The first-order chi connectivity index (χ1) is 10.8. The Labute approximate surface area is 132 Å². The predicted molar refractivity (Wildman–Crippen MR) is 89.5 cm³/mol. The fraction of sp³-hybridized carbons (Fsp3) is 0.421. The summed E-state index contributed by atoms with van der Waals surface area (Å²) >= 11 is 0. The van der Waals surface area contributed by atoms with Gasteiger partial charge in [0.15, 0.2) is 0 Å². The van der Waals surface area contributed by atoms with Crippen molar-refractivity contribution < 1.29 is 4.74 Å². The van der Waals surface area contributed by atoms with E-state index in [4.69, 9.17) is 9.72 Å². The highest BCUT2D eigenvalue weighted by atomic mass is 16.5. The lowest BCUT2D eigenvalue weighted by Crippen LogP contribution is -2.29. The molecule has 0 saturated carbocycles. The van der Waals surface area contributed by atoms with E-state index >= 15 is 0 Å². The monoisotopic (exact) mass is 296 g/mol. The van der Waals surface area contributed by atoms with Gasteiger partial charge in [-0.2, -0.15) is 0 Å². The molecule has 116 valence electrons. The average molecular weight is 296 g/mol. The minimum Gasteiger partial charge on any atom is -0.496 e. The zero-order chi connectivity index (χ0) is 15.4. The van der Waals surface area contributed by atoms with Crippen LogP contribution in [0, 0.1) is 0 Å². The molecule has 1 aliphatic rings. The zero-order valence-corrected chi connectivity index (χ0v) is 13.5. The molecule has 2 heterocycles. The van der Waals surface area contributed by atoms with E-state index in [0.29, 0.717) is 5.92 Å². The first kappa shape index (κ1) is 15.0. The highest BCUT2D eigenvalue weighted by molar-refractivity contribution is 5.36. The minimum atomic E-state index is 0.605. The third-order valence-corrected chi connectivity index (χ3v) is 4.53. The molecular weight excluding hydrogens is 272 g/mol. The summed E-state index contributed by atoms with van der Waals surface area (Å²) in [6, 6.07) is 14.6. The fourth-order valence-electron chi connectivity index (χ4n) is 3.17. The van der Waals surface area contributed by atoms with Crippen LogP contribution in [0.25, 0.3) is 0 Å². The van der Waals surface area contributed by atoms with Crippen LogP contribution in [-0.4, -0.2) is 37.1 Å². The number of methoxy groups -OCH3 is 1. The molecule has 3 rings (SSSR count). The van der Waals surface area contributed by atoms with Crippen molar-refractivity contribution in [1.82, 2.24) is 9.88 Å². The molecule has 2 aromatic rings. The van der Waals surface area contributed by atoms with Crippen molar-refractivity contribution in [3.8, 4) is 5.75 Å². The van der Waals surface area contributed by atoms with Crippen LogP contribution < -0.4 is 4.74 Å². The second-order valence-electron chi connectivity index (χ2n) is 6.12. The van der Waals surface area contributed by atoms with E-state index in [-0.39, 0.29) is 0 Å². The van der Waals surface area contributed by atoms with Gasteiger partial charge in [0.1, 0.15) is 5.75 Å². The lowest BCUT2D eigenvalue weighted by molar-refractivity contribution is 0.253. The van der Waals surface area contributed by atoms with Gasteiger partial charge in [-0.1, -0.05) is 24.3 Å². The molecule has 0 unspecified atom stereocenters. The van der Waals surface area contributed by atoms with Crippen LogP contribution in [-0.2, 0) is 6.42 Å². The van der Waals surface area contributed by atoms with Crippen LogP contribution in [0.5, 0.6) is 5.75 Å². The van der Waals surface area contributed by atoms with Crippen LogP contribution >= 0.6 is 0 Å². The van der Waals surface area contributed by atoms with Crippen molar-refractivity contribution in [3.63, 3.8) is 0 Å². The Morgan fingerprint density at radius 2 is 1.86 bits per heavy atom. The SMILES string of the molecule is COc1ccccc1Cc1cccc(C2CCN(C)CC2)n1. The van der Waals surface area contributed by atoms with Crippen molar-refractivity contribution in [1.29, 1.82) is 0 Å². The topological polar surface area (TPSA) is 25.4 Å². The van der Waals surface area contributed by atoms with E-state index in [2.05, 4.69) is 42.3 Å². The molecule has 0 N–H and O–H groups in total. The van der Waals surface area contributed by atoms with Crippen molar-refractivity contribution in [3.05, 3.63) is 59.4 Å². The maximum absolute atomic E-state index is 5.44. The molecule has 3 nitrogen and oxygen atoms in total. The predicted octanol–water partition coefficient (Wildman–Crippen LogP) is 3.49. The molecule has 0 bridgehead atoms. The molecule has 3 heteroatoms. The maximum Gasteiger partial charge on any atom is 0.122 e. The Balaban J connectivity index is 1.76. The van der Waals surface area contributed by atoms with Gasteiger partial charge in [0, 0.05) is 29.3 Å². The summed E-state index contributed by atoms with van der Waals surface area (Å²) in [6.07, 6.45) is 3.24. The summed E-state index contributed by atoms with van der Waals surface area (Å²) in [7, 11) is 3.92. The van der Waals surface area contributed by atoms with E-state index in [0.717, 1.165) is 17.9 Å². The number of nitrogens with zero attached hydrogens (tertiary/aromatic N) is 2. The summed E-state index contributed by atoms with van der Waals surface area (Å²) < 4.78 is 5.44. The Bertz CT molecular complexity index is 618. The second kappa shape index (κ2) is 6.93. The number of benzene rings is 1. The Hall–Kier alpha value is -1.87. The van der Waals surface area contributed by atoms with E-state index < -0.39 is 0 Å².